The lowest BCUT2D eigenvalue weighted by Crippen LogP contribution is -2.10. The quantitative estimate of drug-likeness (QED) is 0.274. The lowest BCUT2D eigenvalue weighted by atomic mass is 10.0. The van der Waals surface area contributed by atoms with Crippen molar-refractivity contribution < 1.29 is 9.53 Å². The van der Waals surface area contributed by atoms with Crippen LogP contribution in [0.5, 0.6) is 5.75 Å². The largest absolute Gasteiger partial charge is 0.423 e. The maximum Gasteiger partial charge on any atom is 0.344 e. The van der Waals surface area contributed by atoms with Crippen LogP contribution in [-0.2, 0) is 0 Å². The summed E-state index contributed by atoms with van der Waals surface area (Å²) >= 11 is 3.45. The summed E-state index contributed by atoms with van der Waals surface area (Å²) in [6.45, 7) is 3.99. The number of rotatable bonds is 3. The molecule has 0 aliphatic rings. The number of aromatic nitrogens is 1. The van der Waals surface area contributed by atoms with Crippen LogP contribution in [0, 0.1) is 13.8 Å². The van der Waals surface area contributed by atoms with E-state index in [-0.39, 0.29) is 5.97 Å². The van der Waals surface area contributed by atoms with Gasteiger partial charge in [-0.15, -0.1) is 0 Å². The van der Waals surface area contributed by atoms with Crippen LogP contribution in [-0.4, -0.2) is 11.0 Å². The molecule has 0 atom stereocenters. The molecule has 0 saturated carbocycles. The van der Waals surface area contributed by atoms with Gasteiger partial charge in [-0.05, 0) is 56.3 Å². The van der Waals surface area contributed by atoms with E-state index >= 15 is 0 Å². The van der Waals surface area contributed by atoms with Crippen molar-refractivity contribution in [3.8, 4) is 17.0 Å². The standard InChI is InChI=1S/C24H18BrNO2/c1-15-3-10-19(11-4-15)28-24(27)21-14-23(17-6-8-18(25)9-7-17)26-22-12-5-16(2)13-20(21)22/h3-14H,1-2H3. The van der Waals surface area contributed by atoms with Crippen LogP contribution in [0.25, 0.3) is 22.2 Å². The number of hydrogen-bond acceptors (Lipinski definition) is 3. The van der Waals surface area contributed by atoms with Gasteiger partial charge in [0.25, 0.3) is 0 Å². The fraction of sp³-hybridized carbons (Fsp3) is 0.0833. The molecule has 0 bridgehead atoms. The minimum Gasteiger partial charge on any atom is -0.423 e. The Balaban J connectivity index is 1.82. The maximum absolute atomic E-state index is 13.0. The second-order valence-corrected chi connectivity index (χ2v) is 7.70. The monoisotopic (exact) mass is 431 g/mol. The number of ether oxygens (including phenoxy) is 1. The third-order valence-corrected chi connectivity index (χ3v) is 5.08. The normalized spacial score (nSPS) is 10.8. The molecule has 0 aliphatic carbocycles. The number of halogens is 1. The van der Waals surface area contributed by atoms with Crippen LogP contribution in [0.2, 0.25) is 0 Å². The second kappa shape index (κ2) is 7.56. The Kier molecular flexibility index (Phi) is 4.97. The fourth-order valence-corrected chi connectivity index (χ4v) is 3.31. The fourth-order valence-electron chi connectivity index (χ4n) is 3.05. The summed E-state index contributed by atoms with van der Waals surface area (Å²) in [4.78, 5) is 17.8. The highest BCUT2D eigenvalue weighted by Crippen LogP contribution is 2.28. The molecule has 1 aromatic heterocycles. The number of fused-ring (bicyclic) bond motifs is 1. The van der Waals surface area contributed by atoms with Crippen molar-refractivity contribution >= 4 is 32.8 Å². The second-order valence-electron chi connectivity index (χ2n) is 6.79. The van der Waals surface area contributed by atoms with Gasteiger partial charge in [0.05, 0.1) is 16.8 Å². The zero-order valence-corrected chi connectivity index (χ0v) is 17.2. The molecule has 3 nitrogen and oxygen atoms in total. The Morgan fingerprint density at radius 3 is 2.25 bits per heavy atom. The molecule has 0 saturated heterocycles. The lowest BCUT2D eigenvalue weighted by Gasteiger charge is -2.11. The van der Waals surface area contributed by atoms with Crippen molar-refractivity contribution in [2.75, 3.05) is 0 Å². The number of esters is 1. The van der Waals surface area contributed by atoms with Crippen molar-refractivity contribution in [1.29, 1.82) is 0 Å². The Hall–Kier alpha value is -2.98. The van der Waals surface area contributed by atoms with E-state index < -0.39 is 0 Å². The summed E-state index contributed by atoms with van der Waals surface area (Å²) in [6.07, 6.45) is 0. The van der Waals surface area contributed by atoms with E-state index in [9.17, 15) is 4.79 Å². The maximum atomic E-state index is 13.0. The Labute approximate surface area is 172 Å². The van der Waals surface area contributed by atoms with Crippen LogP contribution < -0.4 is 4.74 Å². The predicted molar refractivity (Wildman–Crippen MR) is 116 cm³/mol. The zero-order chi connectivity index (χ0) is 19.7. The van der Waals surface area contributed by atoms with E-state index in [1.54, 1.807) is 12.1 Å². The molecule has 4 aromatic rings. The van der Waals surface area contributed by atoms with Gasteiger partial charge in [0.15, 0.2) is 0 Å². The van der Waals surface area contributed by atoms with Crippen molar-refractivity contribution in [3.63, 3.8) is 0 Å². The molecule has 138 valence electrons. The summed E-state index contributed by atoms with van der Waals surface area (Å²) in [7, 11) is 0. The third kappa shape index (κ3) is 3.82. The SMILES string of the molecule is Cc1ccc(OC(=O)c2cc(-c3ccc(Br)cc3)nc3ccc(C)cc23)cc1. The number of pyridine rings is 1. The van der Waals surface area contributed by atoms with Crippen LogP contribution in [0.15, 0.2) is 77.3 Å². The van der Waals surface area contributed by atoms with Crippen LogP contribution in [0.3, 0.4) is 0 Å². The molecule has 4 rings (SSSR count). The summed E-state index contributed by atoms with van der Waals surface area (Å²) < 4.78 is 6.63. The van der Waals surface area contributed by atoms with Crippen LogP contribution in [0.1, 0.15) is 21.5 Å². The van der Waals surface area contributed by atoms with E-state index in [1.807, 2.05) is 74.5 Å². The van der Waals surface area contributed by atoms with E-state index in [4.69, 9.17) is 9.72 Å². The summed E-state index contributed by atoms with van der Waals surface area (Å²) in [5.74, 6) is 0.138. The first-order chi connectivity index (χ1) is 13.5. The summed E-state index contributed by atoms with van der Waals surface area (Å²) in [5, 5.41) is 0.790. The van der Waals surface area contributed by atoms with E-state index in [0.717, 1.165) is 37.8 Å². The third-order valence-electron chi connectivity index (χ3n) is 4.56. The van der Waals surface area contributed by atoms with E-state index in [2.05, 4.69) is 15.9 Å². The highest BCUT2D eigenvalue weighted by atomic mass is 79.9. The van der Waals surface area contributed by atoms with Gasteiger partial charge < -0.3 is 4.74 Å². The molecule has 0 N–H and O–H groups in total. The van der Waals surface area contributed by atoms with Crippen LogP contribution in [0.4, 0.5) is 0 Å². The Morgan fingerprint density at radius 2 is 1.54 bits per heavy atom. The first-order valence-electron chi connectivity index (χ1n) is 8.96. The minimum absolute atomic E-state index is 0.389. The van der Waals surface area contributed by atoms with E-state index in [0.29, 0.717) is 11.3 Å². The number of nitrogens with zero attached hydrogens (tertiary/aromatic N) is 1. The topological polar surface area (TPSA) is 39.2 Å². The van der Waals surface area contributed by atoms with Gasteiger partial charge in [-0.2, -0.15) is 0 Å². The van der Waals surface area contributed by atoms with Gasteiger partial charge in [-0.25, -0.2) is 9.78 Å². The number of benzene rings is 3. The molecule has 1 heterocycles. The summed E-state index contributed by atoms with van der Waals surface area (Å²) in [5.41, 5.74) is 5.13. The molecule has 4 heteroatoms. The van der Waals surface area contributed by atoms with E-state index in [1.165, 1.54) is 0 Å². The van der Waals surface area contributed by atoms with Gasteiger partial charge in [-0.1, -0.05) is 57.4 Å². The molecule has 0 radical (unpaired) electrons. The molecule has 28 heavy (non-hydrogen) atoms. The van der Waals surface area contributed by atoms with Gasteiger partial charge in [0, 0.05) is 15.4 Å². The summed E-state index contributed by atoms with van der Waals surface area (Å²) in [6, 6.07) is 23.0. The molecule has 0 unspecified atom stereocenters. The lowest BCUT2D eigenvalue weighted by molar-refractivity contribution is 0.0737. The van der Waals surface area contributed by atoms with Crippen molar-refractivity contribution in [2.45, 2.75) is 13.8 Å². The average Bonchev–Trinajstić information content (AvgIpc) is 2.69. The highest BCUT2D eigenvalue weighted by molar-refractivity contribution is 9.10. The van der Waals surface area contributed by atoms with Gasteiger partial charge in [-0.3, -0.25) is 0 Å². The molecule has 0 spiro atoms. The average molecular weight is 432 g/mol. The number of carbonyl (C=O) groups is 1. The Morgan fingerprint density at radius 1 is 0.857 bits per heavy atom. The van der Waals surface area contributed by atoms with Gasteiger partial charge in [0.2, 0.25) is 0 Å². The smallest absolute Gasteiger partial charge is 0.344 e. The predicted octanol–water partition coefficient (Wildman–Crippen LogP) is 6.50. The minimum atomic E-state index is -0.389. The van der Waals surface area contributed by atoms with Gasteiger partial charge >= 0.3 is 5.97 Å². The number of hydrogen-bond donors (Lipinski definition) is 0. The molecular formula is C24H18BrNO2. The number of aryl methyl sites for hydroxylation is 2. The van der Waals surface area contributed by atoms with Crippen LogP contribution >= 0.6 is 15.9 Å². The first kappa shape index (κ1) is 18.4. The van der Waals surface area contributed by atoms with Crippen molar-refractivity contribution in [1.82, 2.24) is 4.98 Å². The van der Waals surface area contributed by atoms with Crippen molar-refractivity contribution in [2.24, 2.45) is 0 Å². The Bertz CT molecular complexity index is 1170. The van der Waals surface area contributed by atoms with Crippen molar-refractivity contribution in [3.05, 3.63) is 94.0 Å². The molecule has 3 aromatic carbocycles. The highest BCUT2D eigenvalue weighted by Gasteiger charge is 2.16. The molecule has 0 fully saturated rings. The molecule has 0 amide bonds. The first-order valence-corrected chi connectivity index (χ1v) is 9.75. The number of carbonyl (C=O) groups excluding carboxylic acids is 1. The zero-order valence-electron chi connectivity index (χ0n) is 15.6. The van der Waals surface area contributed by atoms with Gasteiger partial charge in [0.1, 0.15) is 5.75 Å². The molecule has 0 aliphatic heterocycles. The molecular weight excluding hydrogens is 414 g/mol.